The van der Waals surface area contributed by atoms with E-state index in [0.717, 1.165) is 5.56 Å². The summed E-state index contributed by atoms with van der Waals surface area (Å²) in [6, 6.07) is 6.94. The van der Waals surface area contributed by atoms with Crippen molar-refractivity contribution in [2.45, 2.75) is 12.3 Å². The Morgan fingerprint density at radius 3 is 2.35 bits per heavy atom. The smallest absolute Gasteiger partial charge is 0.231 e. The minimum Gasteiger partial charge on any atom is -0.496 e. The molecule has 0 spiro atoms. The monoisotopic (exact) mass is 473 g/mol. The molecule has 0 radical (unpaired) electrons. The second-order valence-corrected chi connectivity index (χ2v) is 7.50. The molecule has 0 bridgehead atoms. The lowest BCUT2D eigenvalue weighted by molar-refractivity contribution is -0.00948. The molecule has 34 heavy (non-hydrogen) atoms. The Hall–Kier alpha value is -3.50. The summed E-state index contributed by atoms with van der Waals surface area (Å²) in [7, 11) is 6.14. The number of carbonyl (C=O) groups is 1. The molecule has 0 aromatic heterocycles. The van der Waals surface area contributed by atoms with Gasteiger partial charge < -0.3 is 38.0 Å². The molecule has 1 aliphatic heterocycles. The van der Waals surface area contributed by atoms with Crippen LogP contribution in [0.2, 0.25) is 0 Å². The van der Waals surface area contributed by atoms with Gasteiger partial charge in [-0.05, 0) is 18.2 Å². The topological polar surface area (TPSA) is 103 Å². The van der Waals surface area contributed by atoms with Crippen molar-refractivity contribution in [2.75, 3.05) is 55.2 Å². The fourth-order valence-electron chi connectivity index (χ4n) is 4.02. The first-order chi connectivity index (χ1) is 16.6. The number of oxime groups is 1. The Morgan fingerprint density at radius 2 is 1.65 bits per heavy atom. The number of hydrogen-bond donors (Lipinski definition) is 0. The third-order valence-corrected chi connectivity index (χ3v) is 5.62. The van der Waals surface area contributed by atoms with E-state index in [4.69, 9.17) is 38.0 Å². The first-order valence-electron chi connectivity index (χ1n) is 10.6. The SMILES string of the molecule is COCCOCOc1cc2c(cc1OC)C(=NOC)C(c1cc3c(cc1OC)OCO3)CC2=O. The number of methoxy groups -OCH3 is 3. The Bertz CT molecular complexity index is 1080. The van der Waals surface area contributed by atoms with Crippen LogP contribution in [-0.2, 0) is 14.3 Å². The van der Waals surface area contributed by atoms with E-state index in [1.165, 1.54) is 14.2 Å². The first kappa shape index (κ1) is 23.7. The second kappa shape index (κ2) is 10.6. The number of ketones is 1. The van der Waals surface area contributed by atoms with Crippen LogP contribution in [0.5, 0.6) is 28.7 Å². The molecule has 0 saturated carbocycles. The third kappa shape index (κ3) is 4.59. The molecule has 1 unspecified atom stereocenters. The van der Waals surface area contributed by atoms with Gasteiger partial charge >= 0.3 is 0 Å². The molecule has 0 amide bonds. The summed E-state index contributed by atoms with van der Waals surface area (Å²) >= 11 is 0. The van der Waals surface area contributed by atoms with E-state index in [1.54, 1.807) is 32.4 Å². The minimum absolute atomic E-state index is 0.0112. The molecule has 2 aromatic carbocycles. The van der Waals surface area contributed by atoms with Crippen LogP contribution >= 0.6 is 0 Å². The number of nitrogens with zero attached hydrogens (tertiary/aromatic N) is 1. The fraction of sp³-hybridized carbons (Fsp3) is 0.417. The largest absolute Gasteiger partial charge is 0.496 e. The van der Waals surface area contributed by atoms with Crippen LogP contribution in [-0.4, -0.2) is 66.7 Å². The molecule has 2 aliphatic rings. The molecule has 10 nitrogen and oxygen atoms in total. The van der Waals surface area contributed by atoms with Gasteiger partial charge in [0.1, 0.15) is 12.9 Å². The van der Waals surface area contributed by atoms with Gasteiger partial charge in [-0.1, -0.05) is 5.16 Å². The predicted molar refractivity (Wildman–Crippen MR) is 121 cm³/mol. The highest BCUT2D eigenvalue weighted by Crippen LogP contribution is 2.45. The van der Waals surface area contributed by atoms with Crippen LogP contribution in [0, 0.1) is 0 Å². The third-order valence-electron chi connectivity index (χ3n) is 5.62. The first-order valence-corrected chi connectivity index (χ1v) is 10.6. The maximum atomic E-state index is 13.3. The molecule has 2 aromatic rings. The van der Waals surface area contributed by atoms with Crippen LogP contribution in [0.15, 0.2) is 29.4 Å². The van der Waals surface area contributed by atoms with Gasteiger partial charge in [0.15, 0.2) is 35.6 Å². The molecule has 1 atom stereocenters. The summed E-state index contributed by atoms with van der Waals surface area (Å²) in [4.78, 5) is 18.5. The van der Waals surface area contributed by atoms with Crippen LogP contribution < -0.4 is 23.7 Å². The van der Waals surface area contributed by atoms with Gasteiger partial charge in [0, 0.05) is 42.2 Å². The number of hydrogen-bond acceptors (Lipinski definition) is 10. The van der Waals surface area contributed by atoms with Crippen molar-refractivity contribution in [3.63, 3.8) is 0 Å². The van der Waals surface area contributed by atoms with Crippen molar-refractivity contribution in [3.8, 4) is 28.7 Å². The molecular weight excluding hydrogens is 446 g/mol. The Kier molecular flexibility index (Phi) is 7.39. The Labute approximate surface area is 197 Å². The van der Waals surface area contributed by atoms with Crippen molar-refractivity contribution < 1.29 is 42.8 Å². The highest BCUT2D eigenvalue weighted by atomic mass is 16.7. The van der Waals surface area contributed by atoms with Gasteiger partial charge in [-0.15, -0.1) is 0 Å². The minimum atomic E-state index is -0.432. The number of rotatable bonds is 10. The van der Waals surface area contributed by atoms with Crippen LogP contribution in [0.1, 0.15) is 33.8 Å². The molecule has 1 aliphatic carbocycles. The molecule has 0 fully saturated rings. The highest BCUT2D eigenvalue weighted by Gasteiger charge is 2.36. The zero-order valence-electron chi connectivity index (χ0n) is 19.5. The van der Waals surface area contributed by atoms with Crippen LogP contribution in [0.4, 0.5) is 0 Å². The van der Waals surface area contributed by atoms with E-state index in [1.807, 2.05) is 6.07 Å². The summed E-state index contributed by atoms with van der Waals surface area (Å²) in [5.41, 5.74) is 2.36. The van der Waals surface area contributed by atoms with E-state index in [2.05, 4.69) is 5.16 Å². The summed E-state index contributed by atoms with van der Waals surface area (Å²) in [6.45, 7) is 0.947. The summed E-state index contributed by atoms with van der Waals surface area (Å²) in [5.74, 6) is 2.05. The summed E-state index contributed by atoms with van der Waals surface area (Å²) < 4.78 is 38.2. The number of fused-ring (bicyclic) bond motifs is 2. The quantitative estimate of drug-likeness (QED) is 0.292. The zero-order chi connectivity index (χ0) is 24.1. The van der Waals surface area contributed by atoms with Gasteiger partial charge in [0.25, 0.3) is 0 Å². The summed E-state index contributed by atoms with van der Waals surface area (Å²) in [5, 5.41) is 4.29. The van der Waals surface area contributed by atoms with Crippen LogP contribution in [0.25, 0.3) is 0 Å². The van der Waals surface area contributed by atoms with Crippen molar-refractivity contribution in [2.24, 2.45) is 5.16 Å². The molecule has 0 N–H and O–H groups in total. The van der Waals surface area contributed by atoms with E-state index in [-0.39, 0.29) is 25.8 Å². The van der Waals surface area contributed by atoms with Crippen molar-refractivity contribution in [1.29, 1.82) is 0 Å². The van der Waals surface area contributed by atoms with Crippen LogP contribution in [0.3, 0.4) is 0 Å². The number of benzene rings is 2. The molecule has 0 saturated heterocycles. The fourth-order valence-corrected chi connectivity index (χ4v) is 4.02. The lowest BCUT2D eigenvalue weighted by atomic mass is 9.77. The van der Waals surface area contributed by atoms with E-state index < -0.39 is 5.92 Å². The number of Topliss-reactive ketones (excluding diaryl/α,β-unsaturated/α-hetero) is 1. The summed E-state index contributed by atoms with van der Waals surface area (Å²) in [6.07, 6.45) is 0.154. The van der Waals surface area contributed by atoms with E-state index >= 15 is 0 Å². The normalized spacial score (nSPS) is 17.5. The maximum Gasteiger partial charge on any atom is 0.231 e. The molecule has 10 heteroatoms. The average molecular weight is 473 g/mol. The maximum absolute atomic E-state index is 13.3. The van der Waals surface area contributed by atoms with Gasteiger partial charge in [-0.3, -0.25) is 4.79 Å². The molecule has 182 valence electrons. The predicted octanol–water partition coefficient (Wildman–Crippen LogP) is 3.15. The van der Waals surface area contributed by atoms with Gasteiger partial charge in [0.05, 0.1) is 33.1 Å². The standard InChI is InChI=1S/C24H27NO9/c1-27-5-6-31-12-32-21-8-14-17(10-20(21)29-3)24(25-30-4)16(7-18(14)26)15-9-22-23(34-13-33-22)11-19(15)28-2/h8-11,16H,5-7,12-13H2,1-4H3. The second-order valence-electron chi connectivity index (χ2n) is 7.50. The Balaban J connectivity index is 1.72. The Morgan fingerprint density at radius 1 is 0.912 bits per heavy atom. The van der Waals surface area contributed by atoms with Crippen molar-refractivity contribution in [3.05, 3.63) is 41.0 Å². The van der Waals surface area contributed by atoms with E-state index in [9.17, 15) is 4.79 Å². The van der Waals surface area contributed by atoms with Gasteiger partial charge in [-0.25, -0.2) is 0 Å². The lowest BCUT2D eigenvalue weighted by Gasteiger charge is -2.27. The zero-order valence-corrected chi connectivity index (χ0v) is 19.5. The molecule has 4 rings (SSSR count). The molecule has 1 heterocycles. The van der Waals surface area contributed by atoms with E-state index in [0.29, 0.717) is 58.8 Å². The molecular formula is C24H27NO9. The van der Waals surface area contributed by atoms with Crippen molar-refractivity contribution >= 4 is 11.5 Å². The lowest BCUT2D eigenvalue weighted by Crippen LogP contribution is -2.27. The number of carbonyl (C=O) groups excluding carboxylic acids is 1. The highest BCUT2D eigenvalue weighted by molar-refractivity contribution is 6.19. The van der Waals surface area contributed by atoms with Crippen molar-refractivity contribution in [1.82, 2.24) is 0 Å². The van der Waals surface area contributed by atoms with Gasteiger partial charge in [-0.2, -0.15) is 0 Å². The average Bonchev–Trinajstić information content (AvgIpc) is 3.32. The number of ether oxygens (including phenoxy) is 7. The van der Waals surface area contributed by atoms with Gasteiger partial charge in [0.2, 0.25) is 6.79 Å².